The van der Waals surface area contributed by atoms with E-state index in [1.54, 1.807) is 12.1 Å². The van der Waals surface area contributed by atoms with Crippen LogP contribution in [0.2, 0.25) is 0 Å². The molecule has 1 aliphatic carbocycles. The second kappa shape index (κ2) is 3.81. The Kier molecular flexibility index (Phi) is 2.79. The minimum Gasteiger partial charge on any atom is -0.166 e. The molecule has 4 heteroatoms. The standard InChI is InChI=1S/C11H10BrF3/c12-8-4-5-9(7-2-1-3-7)10(6-8)11(13,14)15/h4-7H,1-3H2. The molecule has 1 aromatic rings. The summed E-state index contributed by atoms with van der Waals surface area (Å²) in [5.74, 6) is 0.106. The second-order valence-electron chi connectivity index (χ2n) is 3.86. The highest BCUT2D eigenvalue weighted by Crippen LogP contribution is 2.43. The van der Waals surface area contributed by atoms with Crippen LogP contribution in [0.25, 0.3) is 0 Å². The number of hydrogen-bond acceptors (Lipinski definition) is 0. The minimum atomic E-state index is -4.24. The molecule has 0 atom stereocenters. The summed E-state index contributed by atoms with van der Waals surface area (Å²) in [6, 6.07) is 4.45. The van der Waals surface area contributed by atoms with Crippen molar-refractivity contribution < 1.29 is 13.2 Å². The fraction of sp³-hybridized carbons (Fsp3) is 0.455. The third-order valence-electron chi connectivity index (χ3n) is 2.87. The van der Waals surface area contributed by atoms with Crippen LogP contribution in [-0.2, 0) is 6.18 Å². The fourth-order valence-electron chi connectivity index (χ4n) is 1.85. The summed E-state index contributed by atoms with van der Waals surface area (Å²) < 4.78 is 38.7. The highest BCUT2D eigenvalue weighted by Gasteiger charge is 2.36. The van der Waals surface area contributed by atoms with Crippen LogP contribution >= 0.6 is 15.9 Å². The Morgan fingerprint density at radius 2 is 1.87 bits per heavy atom. The molecule has 0 saturated heterocycles. The lowest BCUT2D eigenvalue weighted by Gasteiger charge is -2.28. The predicted octanol–water partition coefficient (Wildman–Crippen LogP) is 4.74. The molecule has 1 saturated carbocycles. The van der Waals surface area contributed by atoms with Crippen LogP contribution in [-0.4, -0.2) is 0 Å². The first-order chi connectivity index (χ1) is 6.98. The lowest BCUT2D eigenvalue weighted by Crippen LogP contribution is -2.16. The maximum Gasteiger partial charge on any atom is 0.416 e. The molecule has 0 aliphatic heterocycles. The van der Waals surface area contributed by atoms with Crippen molar-refractivity contribution in [3.8, 4) is 0 Å². The molecule has 0 N–H and O–H groups in total. The van der Waals surface area contributed by atoms with Crippen molar-refractivity contribution in [1.29, 1.82) is 0 Å². The summed E-state index contributed by atoms with van der Waals surface area (Å²) in [6.45, 7) is 0. The van der Waals surface area contributed by atoms with E-state index in [2.05, 4.69) is 15.9 Å². The van der Waals surface area contributed by atoms with Gasteiger partial charge in [-0.3, -0.25) is 0 Å². The largest absolute Gasteiger partial charge is 0.416 e. The van der Waals surface area contributed by atoms with Crippen molar-refractivity contribution in [2.24, 2.45) is 0 Å². The van der Waals surface area contributed by atoms with Gasteiger partial charge in [-0.05, 0) is 36.5 Å². The first-order valence-corrected chi connectivity index (χ1v) is 5.64. The number of alkyl halides is 3. The zero-order chi connectivity index (χ0) is 11.1. The number of hydrogen-bond donors (Lipinski definition) is 0. The van der Waals surface area contributed by atoms with E-state index in [4.69, 9.17) is 0 Å². The van der Waals surface area contributed by atoms with Gasteiger partial charge in [0.1, 0.15) is 0 Å². The Balaban J connectivity index is 2.44. The van der Waals surface area contributed by atoms with Crippen molar-refractivity contribution >= 4 is 15.9 Å². The van der Waals surface area contributed by atoms with Gasteiger partial charge in [0.2, 0.25) is 0 Å². The zero-order valence-electron chi connectivity index (χ0n) is 7.94. The first kappa shape index (κ1) is 11.0. The molecule has 0 spiro atoms. The molecule has 15 heavy (non-hydrogen) atoms. The average molecular weight is 279 g/mol. The molecule has 0 heterocycles. The van der Waals surface area contributed by atoms with E-state index in [1.807, 2.05) is 0 Å². The van der Waals surface area contributed by atoms with Gasteiger partial charge in [0.15, 0.2) is 0 Å². The predicted molar refractivity (Wildman–Crippen MR) is 55.7 cm³/mol. The van der Waals surface area contributed by atoms with Crippen molar-refractivity contribution in [3.05, 3.63) is 33.8 Å². The lowest BCUT2D eigenvalue weighted by atomic mass is 9.78. The van der Waals surface area contributed by atoms with Gasteiger partial charge >= 0.3 is 6.18 Å². The smallest absolute Gasteiger partial charge is 0.166 e. The van der Waals surface area contributed by atoms with Crippen LogP contribution in [0.1, 0.15) is 36.3 Å². The molecule has 0 unspecified atom stereocenters. The summed E-state index contributed by atoms with van der Waals surface area (Å²) in [5.41, 5.74) is -0.0291. The van der Waals surface area contributed by atoms with Gasteiger partial charge in [0.25, 0.3) is 0 Å². The molecule has 1 aromatic carbocycles. The third-order valence-corrected chi connectivity index (χ3v) is 3.36. The molecule has 0 bridgehead atoms. The Hall–Kier alpha value is -0.510. The van der Waals surface area contributed by atoms with E-state index < -0.39 is 11.7 Å². The van der Waals surface area contributed by atoms with E-state index in [9.17, 15) is 13.2 Å². The van der Waals surface area contributed by atoms with Crippen molar-refractivity contribution in [3.63, 3.8) is 0 Å². The van der Waals surface area contributed by atoms with E-state index >= 15 is 0 Å². The Labute approximate surface area is 94.6 Å². The van der Waals surface area contributed by atoms with Gasteiger partial charge in [-0.25, -0.2) is 0 Å². The van der Waals surface area contributed by atoms with Crippen LogP contribution in [0.4, 0.5) is 13.2 Å². The molecule has 1 aliphatic rings. The van der Waals surface area contributed by atoms with Crippen molar-refractivity contribution in [1.82, 2.24) is 0 Å². The maximum absolute atomic E-state index is 12.7. The molecule has 82 valence electrons. The highest BCUT2D eigenvalue weighted by molar-refractivity contribution is 9.10. The fourth-order valence-corrected chi connectivity index (χ4v) is 2.21. The normalized spacial score (nSPS) is 17.6. The molecular formula is C11H10BrF3. The zero-order valence-corrected chi connectivity index (χ0v) is 9.53. The molecule has 0 radical (unpaired) electrons. The highest BCUT2D eigenvalue weighted by atomic mass is 79.9. The topological polar surface area (TPSA) is 0 Å². The SMILES string of the molecule is FC(F)(F)c1cc(Br)ccc1C1CCC1. The average Bonchev–Trinajstić information content (AvgIpc) is 2.03. The summed E-state index contributed by atoms with van der Waals surface area (Å²) in [5, 5.41) is 0. The summed E-state index contributed by atoms with van der Waals surface area (Å²) in [4.78, 5) is 0. The monoisotopic (exact) mass is 278 g/mol. The first-order valence-electron chi connectivity index (χ1n) is 4.85. The van der Waals surface area contributed by atoms with E-state index in [1.165, 1.54) is 6.07 Å². The molecule has 1 fully saturated rings. The number of benzene rings is 1. The summed E-state index contributed by atoms with van der Waals surface area (Å²) in [6.07, 6.45) is -1.44. The lowest BCUT2D eigenvalue weighted by molar-refractivity contribution is -0.138. The van der Waals surface area contributed by atoms with Gasteiger partial charge < -0.3 is 0 Å². The van der Waals surface area contributed by atoms with Gasteiger partial charge in [0.05, 0.1) is 5.56 Å². The molecule has 2 rings (SSSR count). The molecule has 0 nitrogen and oxygen atoms in total. The third kappa shape index (κ3) is 2.19. The molecule has 0 amide bonds. The van der Waals surface area contributed by atoms with E-state index in [0.29, 0.717) is 10.0 Å². The van der Waals surface area contributed by atoms with E-state index in [-0.39, 0.29) is 5.92 Å². The second-order valence-corrected chi connectivity index (χ2v) is 4.77. The van der Waals surface area contributed by atoms with Crippen LogP contribution in [0, 0.1) is 0 Å². The van der Waals surface area contributed by atoms with E-state index in [0.717, 1.165) is 19.3 Å². The van der Waals surface area contributed by atoms with Gasteiger partial charge in [-0.1, -0.05) is 28.4 Å². The van der Waals surface area contributed by atoms with Crippen molar-refractivity contribution in [2.45, 2.75) is 31.4 Å². The molecular weight excluding hydrogens is 269 g/mol. The molecule has 0 aromatic heterocycles. The minimum absolute atomic E-state index is 0.106. The summed E-state index contributed by atoms with van der Waals surface area (Å²) in [7, 11) is 0. The van der Waals surface area contributed by atoms with Crippen molar-refractivity contribution in [2.75, 3.05) is 0 Å². The van der Waals surface area contributed by atoms with Crippen LogP contribution in [0.5, 0.6) is 0 Å². The van der Waals surface area contributed by atoms with Gasteiger partial charge in [-0.15, -0.1) is 0 Å². The number of rotatable bonds is 1. The maximum atomic E-state index is 12.7. The van der Waals surface area contributed by atoms with Crippen LogP contribution in [0.15, 0.2) is 22.7 Å². The Bertz CT molecular complexity index is 367. The van der Waals surface area contributed by atoms with Gasteiger partial charge in [-0.2, -0.15) is 13.2 Å². The summed E-state index contributed by atoms with van der Waals surface area (Å²) >= 11 is 3.08. The Morgan fingerprint density at radius 3 is 2.33 bits per heavy atom. The number of halogens is 4. The van der Waals surface area contributed by atoms with Crippen LogP contribution < -0.4 is 0 Å². The van der Waals surface area contributed by atoms with Crippen LogP contribution in [0.3, 0.4) is 0 Å². The quantitative estimate of drug-likeness (QED) is 0.696. The van der Waals surface area contributed by atoms with Gasteiger partial charge in [0, 0.05) is 4.47 Å². The Morgan fingerprint density at radius 1 is 1.20 bits per heavy atom.